The Kier molecular flexibility index (Phi) is 4.63. The van der Waals surface area contributed by atoms with E-state index in [9.17, 15) is 4.79 Å². The van der Waals surface area contributed by atoms with Gasteiger partial charge in [0.25, 0.3) is 0 Å². The van der Waals surface area contributed by atoms with Crippen LogP contribution in [0.3, 0.4) is 0 Å². The van der Waals surface area contributed by atoms with Crippen LogP contribution in [0.1, 0.15) is 23.2 Å². The van der Waals surface area contributed by atoms with Gasteiger partial charge in [0.1, 0.15) is 11.7 Å². The zero-order valence-corrected chi connectivity index (χ0v) is 11.3. The Bertz CT molecular complexity index is 441. The molecule has 1 aliphatic rings. The summed E-state index contributed by atoms with van der Waals surface area (Å²) in [7, 11) is 2.91. The zero-order valence-electron chi connectivity index (χ0n) is 11.3. The predicted octanol–water partition coefficient (Wildman–Crippen LogP) is 1.61. The summed E-state index contributed by atoms with van der Waals surface area (Å²) in [5, 5.41) is 3.27. The molecule has 5 nitrogen and oxygen atoms in total. The number of para-hydroxylation sites is 1. The van der Waals surface area contributed by atoms with Gasteiger partial charge in [-0.25, -0.2) is 4.79 Å². The average molecular weight is 265 g/mol. The average Bonchev–Trinajstić information content (AvgIpc) is 2.47. The minimum atomic E-state index is -0.419. The second kappa shape index (κ2) is 6.43. The highest BCUT2D eigenvalue weighted by molar-refractivity contribution is 5.93. The van der Waals surface area contributed by atoms with E-state index in [1.807, 2.05) is 0 Å². The van der Waals surface area contributed by atoms with Gasteiger partial charge in [-0.3, -0.25) is 0 Å². The Morgan fingerprint density at radius 3 is 2.84 bits per heavy atom. The minimum absolute atomic E-state index is 0.0495. The highest BCUT2D eigenvalue weighted by Gasteiger charge is 2.22. The molecule has 104 valence electrons. The lowest BCUT2D eigenvalue weighted by molar-refractivity contribution is 0.0590. The molecule has 0 aromatic heterocycles. The Labute approximate surface area is 112 Å². The van der Waals surface area contributed by atoms with Gasteiger partial charge < -0.3 is 19.5 Å². The fourth-order valence-electron chi connectivity index (χ4n) is 2.16. The molecule has 0 amide bonds. The first kappa shape index (κ1) is 13.7. The fraction of sp³-hybridized carbons (Fsp3) is 0.500. The van der Waals surface area contributed by atoms with Crippen molar-refractivity contribution < 1.29 is 19.0 Å². The number of carbonyl (C=O) groups excluding carboxylic acids is 1. The third-order valence-corrected chi connectivity index (χ3v) is 3.14. The maximum absolute atomic E-state index is 11.8. The van der Waals surface area contributed by atoms with Crippen molar-refractivity contribution >= 4 is 5.97 Å². The summed E-state index contributed by atoms with van der Waals surface area (Å²) in [4.78, 5) is 11.8. The van der Waals surface area contributed by atoms with E-state index >= 15 is 0 Å². The highest BCUT2D eigenvalue weighted by Crippen LogP contribution is 2.33. The van der Waals surface area contributed by atoms with Gasteiger partial charge in [-0.2, -0.15) is 0 Å². The van der Waals surface area contributed by atoms with Crippen molar-refractivity contribution in [2.24, 2.45) is 0 Å². The molecule has 2 rings (SSSR count). The van der Waals surface area contributed by atoms with E-state index in [-0.39, 0.29) is 6.10 Å². The van der Waals surface area contributed by atoms with E-state index in [2.05, 4.69) is 5.32 Å². The number of esters is 1. The molecule has 0 aliphatic carbocycles. The first-order valence-corrected chi connectivity index (χ1v) is 6.39. The van der Waals surface area contributed by atoms with Gasteiger partial charge in [0.15, 0.2) is 11.5 Å². The van der Waals surface area contributed by atoms with Gasteiger partial charge in [-0.1, -0.05) is 6.07 Å². The van der Waals surface area contributed by atoms with Crippen molar-refractivity contribution in [3.8, 4) is 11.5 Å². The third kappa shape index (κ3) is 3.17. The molecule has 0 spiro atoms. The van der Waals surface area contributed by atoms with Crippen LogP contribution in [0.25, 0.3) is 0 Å². The van der Waals surface area contributed by atoms with Crippen LogP contribution in [0.15, 0.2) is 18.2 Å². The van der Waals surface area contributed by atoms with E-state index in [0.29, 0.717) is 17.1 Å². The van der Waals surface area contributed by atoms with Gasteiger partial charge >= 0.3 is 5.97 Å². The molecule has 1 aliphatic heterocycles. The van der Waals surface area contributed by atoms with Crippen molar-refractivity contribution in [3.05, 3.63) is 23.8 Å². The molecule has 1 atom stereocenters. The number of nitrogens with one attached hydrogen (secondary N) is 1. The van der Waals surface area contributed by atoms with E-state index in [0.717, 1.165) is 25.9 Å². The summed E-state index contributed by atoms with van der Waals surface area (Å²) < 4.78 is 16.0. The van der Waals surface area contributed by atoms with E-state index in [1.54, 1.807) is 25.3 Å². The lowest BCUT2D eigenvalue weighted by Gasteiger charge is -2.25. The van der Waals surface area contributed by atoms with Crippen LogP contribution in [0.4, 0.5) is 0 Å². The van der Waals surface area contributed by atoms with Crippen molar-refractivity contribution in [2.45, 2.75) is 18.9 Å². The highest BCUT2D eigenvalue weighted by atomic mass is 16.5. The normalized spacial score (nSPS) is 18.7. The van der Waals surface area contributed by atoms with Crippen molar-refractivity contribution in [1.82, 2.24) is 5.32 Å². The summed E-state index contributed by atoms with van der Waals surface area (Å²) in [5.74, 6) is 0.594. The molecule has 5 heteroatoms. The van der Waals surface area contributed by atoms with Crippen molar-refractivity contribution in [3.63, 3.8) is 0 Å². The van der Waals surface area contributed by atoms with Crippen LogP contribution in [0.2, 0.25) is 0 Å². The molecule has 1 aromatic rings. The predicted molar refractivity (Wildman–Crippen MR) is 70.9 cm³/mol. The summed E-state index contributed by atoms with van der Waals surface area (Å²) in [6.07, 6.45) is 2.08. The number of piperidine rings is 1. The van der Waals surface area contributed by atoms with Gasteiger partial charge in [0.2, 0.25) is 0 Å². The largest absolute Gasteiger partial charge is 0.493 e. The Morgan fingerprint density at radius 1 is 1.37 bits per heavy atom. The van der Waals surface area contributed by atoms with Gasteiger partial charge in [-0.05, 0) is 31.5 Å². The van der Waals surface area contributed by atoms with Crippen LogP contribution in [0.5, 0.6) is 11.5 Å². The molecule has 1 N–H and O–H groups in total. The lowest BCUT2D eigenvalue weighted by Crippen LogP contribution is -2.37. The maximum Gasteiger partial charge on any atom is 0.341 e. The van der Waals surface area contributed by atoms with Crippen LogP contribution in [-0.4, -0.2) is 39.4 Å². The van der Waals surface area contributed by atoms with Gasteiger partial charge in [0, 0.05) is 6.54 Å². The fourth-order valence-corrected chi connectivity index (χ4v) is 2.16. The van der Waals surface area contributed by atoms with Crippen LogP contribution < -0.4 is 14.8 Å². The van der Waals surface area contributed by atoms with E-state index in [4.69, 9.17) is 14.2 Å². The third-order valence-electron chi connectivity index (χ3n) is 3.14. The van der Waals surface area contributed by atoms with Crippen molar-refractivity contribution in [1.29, 1.82) is 0 Å². The SMILES string of the molecule is COC(=O)c1cccc(OC)c1OC1CCCNC1. The number of hydrogen-bond acceptors (Lipinski definition) is 5. The number of hydrogen-bond donors (Lipinski definition) is 1. The zero-order chi connectivity index (χ0) is 13.7. The minimum Gasteiger partial charge on any atom is -0.493 e. The molecule has 1 fully saturated rings. The summed E-state index contributed by atoms with van der Waals surface area (Å²) in [5.41, 5.74) is 0.396. The molecular weight excluding hydrogens is 246 g/mol. The molecule has 1 unspecified atom stereocenters. The smallest absolute Gasteiger partial charge is 0.341 e. The van der Waals surface area contributed by atoms with Crippen LogP contribution in [-0.2, 0) is 4.74 Å². The number of carbonyl (C=O) groups is 1. The molecule has 1 heterocycles. The first-order chi connectivity index (χ1) is 9.26. The molecule has 1 saturated heterocycles. The molecule has 0 saturated carbocycles. The number of ether oxygens (including phenoxy) is 3. The Morgan fingerprint density at radius 2 is 2.21 bits per heavy atom. The topological polar surface area (TPSA) is 56.8 Å². The van der Waals surface area contributed by atoms with Gasteiger partial charge in [0.05, 0.1) is 14.2 Å². The van der Waals surface area contributed by atoms with Crippen LogP contribution in [0, 0.1) is 0 Å². The van der Waals surface area contributed by atoms with Crippen LogP contribution >= 0.6 is 0 Å². The first-order valence-electron chi connectivity index (χ1n) is 6.39. The molecule has 1 aromatic carbocycles. The summed E-state index contributed by atoms with van der Waals surface area (Å²) in [6.45, 7) is 1.79. The number of rotatable bonds is 4. The maximum atomic E-state index is 11.8. The molecule has 19 heavy (non-hydrogen) atoms. The second-order valence-corrected chi connectivity index (χ2v) is 4.41. The number of benzene rings is 1. The quantitative estimate of drug-likeness (QED) is 0.838. The molecule has 0 radical (unpaired) electrons. The standard InChI is InChI=1S/C14H19NO4/c1-17-12-7-3-6-11(14(16)18-2)13(12)19-10-5-4-8-15-9-10/h3,6-7,10,15H,4-5,8-9H2,1-2H3. The lowest BCUT2D eigenvalue weighted by atomic mass is 10.1. The monoisotopic (exact) mass is 265 g/mol. The number of methoxy groups -OCH3 is 2. The Hall–Kier alpha value is -1.75. The van der Waals surface area contributed by atoms with E-state index < -0.39 is 5.97 Å². The molecule has 0 bridgehead atoms. The summed E-state index contributed by atoms with van der Waals surface area (Å²) in [6, 6.07) is 5.20. The van der Waals surface area contributed by atoms with Crippen molar-refractivity contribution in [2.75, 3.05) is 27.3 Å². The summed E-state index contributed by atoms with van der Waals surface area (Å²) >= 11 is 0. The second-order valence-electron chi connectivity index (χ2n) is 4.41. The molecular formula is C14H19NO4. The van der Waals surface area contributed by atoms with E-state index in [1.165, 1.54) is 7.11 Å². The Balaban J connectivity index is 2.26. The van der Waals surface area contributed by atoms with Gasteiger partial charge in [-0.15, -0.1) is 0 Å².